The van der Waals surface area contributed by atoms with Crippen LogP contribution in [-0.4, -0.2) is 48.4 Å². The Kier molecular flexibility index (Phi) is 12.1. The van der Waals surface area contributed by atoms with E-state index in [2.05, 4.69) is 6.08 Å². The highest BCUT2D eigenvalue weighted by Gasteiger charge is 2.39. The molecule has 0 aromatic carbocycles. The number of aliphatic hydroxyl groups excluding tert-OH is 2. The third-order valence-electron chi connectivity index (χ3n) is 5.53. The highest BCUT2D eigenvalue weighted by molar-refractivity contribution is 7.89. The van der Waals surface area contributed by atoms with Crippen LogP contribution in [0.5, 0.6) is 0 Å². The second-order valence-electron chi connectivity index (χ2n) is 8.83. The van der Waals surface area contributed by atoms with Gasteiger partial charge in [0.1, 0.15) is 0 Å². The van der Waals surface area contributed by atoms with Crippen molar-refractivity contribution in [3.05, 3.63) is 36.0 Å². The van der Waals surface area contributed by atoms with E-state index in [-0.39, 0.29) is 29.6 Å². The van der Waals surface area contributed by atoms with E-state index < -0.39 is 28.1 Å². The summed E-state index contributed by atoms with van der Waals surface area (Å²) in [4.78, 5) is 11.5. The van der Waals surface area contributed by atoms with Gasteiger partial charge < -0.3 is 10.2 Å². The van der Waals surface area contributed by atoms with Gasteiger partial charge in [0.25, 0.3) is 0 Å². The first-order valence-corrected chi connectivity index (χ1v) is 13.2. The zero-order chi connectivity index (χ0) is 23.6. The lowest BCUT2D eigenvalue weighted by Gasteiger charge is -2.20. The van der Waals surface area contributed by atoms with Gasteiger partial charge in [-0.15, -0.1) is 11.6 Å². The molecule has 6 nitrogen and oxygen atoms in total. The highest BCUT2D eigenvalue weighted by Crippen LogP contribution is 2.39. The molecule has 0 saturated heterocycles. The summed E-state index contributed by atoms with van der Waals surface area (Å²) in [6.07, 6.45) is 13.0. The fraction of sp³-hybridized carbons (Fsp3) is 0.696. The molecule has 6 atom stereocenters. The summed E-state index contributed by atoms with van der Waals surface area (Å²) in [6.45, 7) is 6.07. The number of rotatable bonds is 12. The van der Waals surface area contributed by atoms with Crippen molar-refractivity contribution < 1.29 is 23.4 Å². The minimum absolute atomic E-state index is 0.0676. The summed E-state index contributed by atoms with van der Waals surface area (Å²) in [5.41, 5.74) is 1.22. The summed E-state index contributed by atoms with van der Waals surface area (Å²) >= 11 is 6.47. The Morgan fingerprint density at radius 1 is 1.29 bits per heavy atom. The molecule has 31 heavy (non-hydrogen) atoms. The van der Waals surface area contributed by atoms with Crippen LogP contribution in [0.1, 0.15) is 59.3 Å². The van der Waals surface area contributed by atoms with Gasteiger partial charge in [0.05, 0.1) is 18.5 Å². The molecule has 178 valence electrons. The third-order valence-corrected chi connectivity index (χ3v) is 6.63. The van der Waals surface area contributed by atoms with Crippen molar-refractivity contribution in [3.8, 4) is 0 Å². The van der Waals surface area contributed by atoms with Crippen LogP contribution in [0.15, 0.2) is 36.0 Å². The van der Waals surface area contributed by atoms with Gasteiger partial charge in [-0.05, 0) is 57.8 Å². The molecular weight excluding hydrogens is 438 g/mol. The predicted octanol–water partition coefficient (Wildman–Crippen LogP) is 3.69. The number of hydrogen-bond acceptors (Lipinski definition) is 5. The van der Waals surface area contributed by atoms with Crippen LogP contribution in [0.2, 0.25) is 0 Å². The molecule has 1 aliphatic rings. The molecule has 1 aliphatic carbocycles. The molecule has 1 fully saturated rings. The number of carbonyl (C=O) groups is 1. The minimum atomic E-state index is -3.51. The van der Waals surface area contributed by atoms with Crippen LogP contribution < -0.4 is 4.72 Å². The van der Waals surface area contributed by atoms with Gasteiger partial charge in [0.2, 0.25) is 15.9 Å². The highest BCUT2D eigenvalue weighted by atomic mass is 35.5. The fourth-order valence-electron chi connectivity index (χ4n) is 3.67. The maximum atomic E-state index is 11.5. The van der Waals surface area contributed by atoms with Crippen molar-refractivity contribution in [2.45, 2.75) is 76.9 Å². The Hall–Kier alpha value is -1.15. The number of sulfonamides is 1. The first-order chi connectivity index (χ1) is 14.4. The molecule has 0 spiro atoms. The van der Waals surface area contributed by atoms with E-state index in [1.807, 2.05) is 43.7 Å². The maximum absolute atomic E-state index is 11.5. The lowest BCUT2D eigenvalue weighted by molar-refractivity contribution is -0.119. The summed E-state index contributed by atoms with van der Waals surface area (Å²) < 4.78 is 24.0. The Morgan fingerprint density at radius 2 is 1.97 bits per heavy atom. The van der Waals surface area contributed by atoms with Crippen LogP contribution >= 0.6 is 11.6 Å². The number of halogens is 1. The van der Waals surface area contributed by atoms with E-state index in [0.29, 0.717) is 25.7 Å². The lowest BCUT2D eigenvalue weighted by Crippen LogP contribution is -2.28. The van der Waals surface area contributed by atoms with E-state index in [4.69, 9.17) is 11.6 Å². The van der Waals surface area contributed by atoms with Crippen LogP contribution in [-0.2, 0) is 14.8 Å². The second-order valence-corrected chi connectivity index (χ2v) is 11.1. The van der Waals surface area contributed by atoms with Gasteiger partial charge in [0, 0.05) is 17.7 Å². The first kappa shape index (κ1) is 27.9. The first-order valence-electron chi connectivity index (χ1n) is 10.9. The van der Waals surface area contributed by atoms with Gasteiger partial charge in [-0.3, -0.25) is 9.52 Å². The van der Waals surface area contributed by atoms with E-state index in [1.54, 1.807) is 6.08 Å². The van der Waals surface area contributed by atoms with Crippen LogP contribution in [0, 0.1) is 17.8 Å². The monoisotopic (exact) mass is 475 g/mol. The molecule has 1 rings (SSSR count). The Labute approximate surface area is 192 Å². The number of hydrogen-bond donors (Lipinski definition) is 3. The SMILES string of the molecule is CC(C)=CCC(C)[C@H](O)/C=C/[C@@H]1[C@@H](C/C=C\CCCC(=O)NS(C)(=O)=O)[C@H](Cl)C[C@H]1O. The normalized spacial score (nSPS) is 26.3. The summed E-state index contributed by atoms with van der Waals surface area (Å²) in [5.74, 6) is -0.455. The van der Waals surface area contributed by atoms with Crippen molar-refractivity contribution in [3.63, 3.8) is 0 Å². The average Bonchev–Trinajstić information content (AvgIpc) is 2.91. The van der Waals surface area contributed by atoms with Crippen molar-refractivity contribution in [2.75, 3.05) is 6.26 Å². The van der Waals surface area contributed by atoms with Crippen molar-refractivity contribution in [1.29, 1.82) is 0 Å². The smallest absolute Gasteiger partial charge is 0.233 e. The molecule has 1 amide bonds. The van der Waals surface area contributed by atoms with E-state index in [9.17, 15) is 23.4 Å². The number of nitrogens with one attached hydrogen (secondary N) is 1. The molecule has 0 aliphatic heterocycles. The second kappa shape index (κ2) is 13.4. The van der Waals surface area contributed by atoms with Gasteiger partial charge in [-0.25, -0.2) is 8.42 Å². The Morgan fingerprint density at radius 3 is 2.58 bits per heavy atom. The number of unbranched alkanes of at least 4 members (excludes halogenated alkanes) is 1. The molecule has 0 heterocycles. The Balaban J connectivity index is 2.53. The number of carbonyl (C=O) groups excluding carboxylic acids is 1. The van der Waals surface area contributed by atoms with Crippen molar-refractivity contribution >= 4 is 27.5 Å². The van der Waals surface area contributed by atoms with Gasteiger partial charge in [-0.1, -0.05) is 42.9 Å². The summed E-state index contributed by atoms with van der Waals surface area (Å²) in [5, 5.41) is 20.7. The number of allylic oxidation sites excluding steroid dienone is 4. The standard InChI is InChI=1S/C23H38ClNO5S/c1-16(2)11-12-17(3)21(26)14-13-19-18(20(24)15-22(19)27)9-7-5-6-8-10-23(28)25-31(4,29)30/h5,7,11,13-14,17-22,26-27H,6,8-10,12,15H2,1-4H3,(H,25,28)/b7-5-,14-13+/t17?,18-,19-,20-,21-,22-/m1/s1. The van der Waals surface area contributed by atoms with E-state index in [0.717, 1.165) is 12.7 Å². The van der Waals surface area contributed by atoms with Crippen LogP contribution in [0.3, 0.4) is 0 Å². The topological polar surface area (TPSA) is 104 Å². The van der Waals surface area contributed by atoms with Crippen LogP contribution in [0.25, 0.3) is 0 Å². The largest absolute Gasteiger partial charge is 0.392 e. The quantitative estimate of drug-likeness (QED) is 0.227. The molecule has 8 heteroatoms. The maximum Gasteiger partial charge on any atom is 0.233 e. The number of aliphatic hydroxyl groups is 2. The van der Waals surface area contributed by atoms with Gasteiger partial charge in [0.15, 0.2) is 0 Å². The fourth-order valence-corrected chi connectivity index (χ4v) is 4.64. The molecule has 1 unspecified atom stereocenters. The number of alkyl halides is 1. The number of amides is 1. The van der Waals surface area contributed by atoms with Gasteiger partial charge >= 0.3 is 0 Å². The van der Waals surface area contributed by atoms with Gasteiger partial charge in [-0.2, -0.15) is 0 Å². The molecule has 3 N–H and O–H groups in total. The average molecular weight is 476 g/mol. The molecule has 0 aromatic rings. The molecule has 0 aromatic heterocycles. The van der Waals surface area contributed by atoms with E-state index >= 15 is 0 Å². The Bertz CT molecular complexity index is 758. The van der Waals surface area contributed by atoms with Crippen molar-refractivity contribution in [1.82, 2.24) is 4.72 Å². The zero-order valence-corrected chi connectivity index (χ0v) is 20.6. The third kappa shape index (κ3) is 11.3. The van der Waals surface area contributed by atoms with Crippen molar-refractivity contribution in [2.24, 2.45) is 17.8 Å². The zero-order valence-electron chi connectivity index (χ0n) is 19.0. The summed E-state index contributed by atoms with van der Waals surface area (Å²) in [7, 11) is -3.51. The van der Waals surface area contributed by atoms with E-state index in [1.165, 1.54) is 5.57 Å². The molecular formula is C23H38ClNO5S. The predicted molar refractivity (Wildman–Crippen MR) is 126 cm³/mol. The van der Waals surface area contributed by atoms with Crippen LogP contribution in [0.4, 0.5) is 0 Å². The molecule has 1 saturated carbocycles. The summed E-state index contributed by atoms with van der Waals surface area (Å²) in [6, 6.07) is 0. The molecule has 0 radical (unpaired) electrons. The minimum Gasteiger partial charge on any atom is -0.392 e. The molecule has 0 bridgehead atoms. The lowest BCUT2D eigenvalue weighted by atomic mass is 9.89.